The van der Waals surface area contributed by atoms with Crippen LogP contribution in [-0.2, 0) is 20.9 Å². The van der Waals surface area contributed by atoms with Crippen molar-refractivity contribution in [3.63, 3.8) is 0 Å². The van der Waals surface area contributed by atoms with Crippen molar-refractivity contribution in [1.29, 1.82) is 0 Å². The molecule has 1 aliphatic heterocycles. The Morgan fingerprint density at radius 3 is 2.52 bits per heavy atom. The highest BCUT2D eigenvalue weighted by molar-refractivity contribution is 6.35. The van der Waals surface area contributed by atoms with Gasteiger partial charge in [-0.1, -0.05) is 19.1 Å². The van der Waals surface area contributed by atoms with Gasteiger partial charge in [0.1, 0.15) is 5.82 Å². The van der Waals surface area contributed by atoms with Gasteiger partial charge in [-0.3, -0.25) is 9.59 Å². The lowest BCUT2D eigenvalue weighted by molar-refractivity contribution is -0.144. The van der Waals surface area contributed by atoms with Crippen LogP contribution >= 0.6 is 0 Å². The van der Waals surface area contributed by atoms with Crippen LogP contribution in [0.2, 0.25) is 0 Å². The summed E-state index contributed by atoms with van der Waals surface area (Å²) in [5.74, 6) is -1.21. The van der Waals surface area contributed by atoms with E-state index in [1.807, 2.05) is 14.0 Å². The summed E-state index contributed by atoms with van der Waals surface area (Å²) >= 11 is 0. The predicted molar refractivity (Wildman–Crippen MR) is 84.3 cm³/mol. The van der Waals surface area contributed by atoms with Gasteiger partial charge in [-0.05, 0) is 31.2 Å². The van der Waals surface area contributed by atoms with Crippen molar-refractivity contribution in [2.24, 2.45) is 0 Å². The summed E-state index contributed by atoms with van der Waals surface area (Å²) in [6.07, 6.45) is 0.527. The first-order chi connectivity index (χ1) is 11.0. The number of hydrogen-bond donors (Lipinski definition) is 1. The standard InChI is InChI=1S/C17H23FN2O3/c1-4-14-16(19-3)15(9-20(14)17(22)11(2)21)23-10-12-5-7-13(18)8-6-12/h5-8,14-16,19H,4,9-10H2,1-3H3. The third-order valence-electron chi connectivity index (χ3n) is 4.28. The lowest BCUT2D eigenvalue weighted by Crippen LogP contribution is -2.46. The normalized spacial score (nSPS) is 24.0. The van der Waals surface area contributed by atoms with Crippen LogP contribution in [0, 0.1) is 5.82 Å². The van der Waals surface area contributed by atoms with Gasteiger partial charge in [-0.2, -0.15) is 0 Å². The Hall–Kier alpha value is -1.79. The van der Waals surface area contributed by atoms with Gasteiger partial charge in [0.05, 0.1) is 18.8 Å². The second-order valence-electron chi connectivity index (χ2n) is 5.78. The number of nitrogens with one attached hydrogen (secondary N) is 1. The van der Waals surface area contributed by atoms with E-state index in [1.54, 1.807) is 17.0 Å². The number of hydrogen-bond acceptors (Lipinski definition) is 4. The second kappa shape index (κ2) is 7.66. The van der Waals surface area contributed by atoms with Crippen molar-refractivity contribution in [2.45, 2.75) is 45.1 Å². The average Bonchev–Trinajstić information content (AvgIpc) is 2.90. The van der Waals surface area contributed by atoms with Crippen molar-refractivity contribution in [1.82, 2.24) is 10.2 Å². The Kier molecular flexibility index (Phi) is 5.85. The van der Waals surface area contributed by atoms with Crippen molar-refractivity contribution in [3.05, 3.63) is 35.6 Å². The molecule has 5 nitrogen and oxygen atoms in total. The molecule has 126 valence electrons. The third kappa shape index (κ3) is 3.95. The van der Waals surface area contributed by atoms with Gasteiger partial charge < -0.3 is 15.0 Å². The number of halogens is 1. The fraction of sp³-hybridized carbons (Fsp3) is 0.529. The number of Topliss-reactive ketones (excluding diaryl/α,β-unsaturated/α-hetero) is 1. The number of ketones is 1. The number of carbonyl (C=O) groups excluding carboxylic acids is 2. The zero-order valence-corrected chi connectivity index (χ0v) is 13.7. The van der Waals surface area contributed by atoms with Gasteiger partial charge >= 0.3 is 0 Å². The molecule has 1 saturated heterocycles. The predicted octanol–water partition coefficient (Wildman–Crippen LogP) is 1.51. The summed E-state index contributed by atoms with van der Waals surface area (Å²) in [5, 5.41) is 3.19. The molecule has 1 heterocycles. The molecule has 2 rings (SSSR count). The van der Waals surface area contributed by atoms with E-state index >= 15 is 0 Å². The summed E-state index contributed by atoms with van der Waals surface area (Å²) in [4.78, 5) is 25.1. The van der Waals surface area contributed by atoms with Crippen molar-refractivity contribution >= 4 is 11.7 Å². The average molecular weight is 322 g/mol. The monoisotopic (exact) mass is 322 g/mol. The van der Waals surface area contributed by atoms with Gasteiger partial charge in [0.15, 0.2) is 0 Å². The summed E-state index contributed by atoms with van der Waals surface area (Å²) in [6.45, 7) is 3.99. The molecular weight excluding hydrogens is 299 g/mol. The Bertz CT molecular complexity index is 561. The van der Waals surface area contributed by atoms with Gasteiger partial charge in [-0.25, -0.2) is 4.39 Å². The van der Waals surface area contributed by atoms with E-state index in [9.17, 15) is 14.0 Å². The molecule has 1 fully saturated rings. The SMILES string of the molecule is CCC1C(NC)C(OCc2ccc(F)cc2)CN1C(=O)C(C)=O. The minimum atomic E-state index is -0.468. The largest absolute Gasteiger partial charge is 0.370 e. The van der Waals surface area contributed by atoms with Crippen LogP contribution < -0.4 is 5.32 Å². The molecule has 0 aromatic heterocycles. The number of carbonyl (C=O) groups is 2. The van der Waals surface area contributed by atoms with E-state index in [2.05, 4.69) is 5.32 Å². The quantitative estimate of drug-likeness (QED) is 0.807. The highest BCUT2D eigenvalue weighted by Crippen LogP contribution is 2.24. The first kappa shape index (κ1) is 17.6. The minimum Gasteiger partial charge on any atom is -0.370 e. The summed E-state index contributed by atoms with van der Waals surface area (Å²) in [7, 11) is 1.82. The van der Waals surface area contributed by atoms with Crippen molar-refractivity contribution < 1.29 is 18.7 Å². The fourth-order valence-electron chi connectivity index (χ4n) is 3.11. The summed E-state index contributed by atoms with van der Waals surface area (Å²) in [6, 6.07) is 6.02. The van der Waals surface area contributed by atoms with Gasteiger partial charge in [0, 0.05) is 19.5 Å². The Labute approximate surface area is 135 Å². The number of rotatable bonds is 6. The zero-order chi connectivity index (χ0) is 17.0. The fourth-order valence-corrected chi connectivity index (χ4v) is 3.11. The van der Waals surface area contributed by atoms with Gasteiger partial charge in [0.25, 0.3) is 5.91 Å². The van der Waals surface area contributed by atoms with Crippen LogP contribution in [0.1, 0.15) is 25.8 Å². The number of likely N-dealkylation sites (tertiary alicyclic amines) is 1. The smallest absolute Gasteiger partial charge is 0.290 e. The van der Waals surface area contributed by atoms with Crippen LogP contribution in [-0.4, -0.2) is 48.4 Å². The molecule has 1 aliphatic rings. The van der Waals surface area contributed by atoms with Crippen LogP contribution in [0.4, 0.5) is 4.39 Å². The van der Waals surface area contributed by atoms with Gasteiger partial charge in [0.2, 0.25) is 5.78 Å². The molecule has 0 radical (unpaired) electrons. The molecule has 0 saturated carbocycles. The van der Waals surface area contributed by atoms with Crippen molar-refractivity contribution in [3.8, 4) is 0 Å². The summed E-state index contributed by atoms with van der Waals surface area (Å²) < 4.78 is 18.9. The van der Waals surface area contributed by atoms with Crippen LogP contribution in [0.15, 0.2) is 24.3 Å². The highest BCUT2D eigenvalue weighted by Gasteiger charge is 2.43. The maximum absolute atomic E-state index is 12.9. The van der Waals surface area contributed by atoms with Crippen LogP contribution in [0.3, 0.4) is 0 Å². The number of nitrogens with zero attached hydrogens (tertiary/aromatic N) is 1. The van der Waals surface area contributed by atoms with Crippen LogP contribution in [0.5, 0.6) is 0 Å². The highest BCUT2D eigenvalue weighted by atomic mass is 19.1. The van der Waals surface area contributed by atoms with Crippen molar-refractivity contribution in [2.75, 3.05) is 13.6 Å². The molecule has 1 N–H and O–H groups in total. The second-order valence-corrected chi connectivity index (χ2v) is 5.78. The molecule has 1 aromatic carbocycles. The van der Waals surface area contributed by atoms with E-state index < -0.39 is 11.7 Å². The molecule has 1 aromatic rings. The third-order valence-corrected chi connectivity index (χ3v) is 4.28. The molecule has 3 unspecified atom stereocenters. The van der Waals surface area contributed by atoms with Gasteiger partial charge in [-0.15, -0.1) is 0 Å². The number of ether oxygens (including phenoxy) is 1. The lowest BCUT2D eigenvalue weighted by atomic mass is 10.0. The Morgan fingerprint density at radius 2 is 2.00 bits per heavy atom. The molecule has 3 atom stereocenters. The molecule has 23 heavy (non-hydrogen) atoms. The van der Waals surface area contributed by atoms with E-state index in [0.29, 0.717) is 13.2 Å². The zero-order valence-electron chi connectivity index (χ0n) is 13.7. The topological polar surface area (TPSA) is 58.6 Å². The van der Waals surface area contributed by atoms with E-state index in [0.717, 1.165) is 12.0 Å². The van der Waals surface area contributed by atoms with E-state index in [4.69, 9.17) is 4.74 Å². The number of likely N-dealkylation sites (N-methyl/N-ethyl adjacent to an activating group) is 1. The molecule has 6 heteroatoms. The van der Waals surface area contributed by atoms with E-state index in [1.165, 1.54) is 19.1 Å². The maximum Gasteiger partial charge on any atom is 0.290 e. The molecule has 1 amide bonds. The van der Waals surface area contributed by atoms with Crippen LogP contribution in [0.25, 0.3) is 0 Å². The first-order valence-electron chi connectivity index (χ1n) is 7.82. The Morgan fingerprint density at radius 1 is 1.35 bits per heavy atom. The lowest BCUT2D eigenvalue weighted by Gasteiger charge is -2.26. The first-order valence-corrected chi connectivity index (χ1v) is 7.82. The minimum absolute atomic E-state index is 0.0382. The molecular formula is C17H23FN2O3. The maximum atomic E-state index is 12.9. The Balaban J connectivity index is 2.06. The summed E-state index contributed by atoms with van der Waals surface area (Å²) in [5.41, 5.74) is 0.866. The molecule has 0 spiro atoms. The molecule has 0 aliphatic carbocycles. The molecule has 0 bridgehead atoms. The van der Waals surface area contributed by atoms with E-state index in [-0.39, 0.29) is 24.0 Å². The number of amides is 1. The number of benzene rings is 1.